The molecule has 1 heterocycles. The third-order valence-electron chi connectivity index (χ3n) is 4.00. The summed E-state index contributed by atoms with van der Waals surface area (Å²) in [4.78, 5) is 2.40. The van der Waals surface area contributed by atoms with Crippen LogP contribution in [0.5, 0.6) is 0 Å². The van der Waals surface area contributed by atoms with Gasteiger partial charge < -0.3 is 14.7 Å². The van der Waals surface area contributed by atoms with Crippen LogP contribution >= 0.6 is 0 Å². The molecule has 0 amide bonds. The quantitative estimate of drug-likeness (QED) is 0.763. The lowest BCUT2D eigenvalue weighted by molar-refractivity contribution is 0.111. The number of rotatable bonds is 4. The molecule has 3 atom stereocenters. The van der Waals surface area contributed by atoms with Crippen LogP contribution in [0, 0.1) is 5.92 Å². The van der Waals surface area contributed by atoms with Gasteiger partial charge in [0, 0.05) is 12.6 Å². The Morgan fingerprint density at radius 1 is 1.33 bits per heavy atom. The summed E-state index contributed by atoms with van der Waals surface area (Å²) < 4.78 is 5.38. The van der Waals surface area contributed by atoms with Crippen molar-refractivity contribution in [1.29, 1.82) is 0 Å². The van der Waals surface area contributed by atoms with Crippen LogP contribution in [0.2, 0.25) is 0 Å². The van der Waals surface area contributed by atoms with Gasteiger partial charge in [-0.05, 0) is 45.2 Å². The molecular weight excluding hydrogens is 190 g/mol. The lowest BCUT2D eigenvalue weighted by atomic mass is 10.0. The zero-order valence-electron chi connectivity index (χ0n) is 9.69. The van der Waals surface area contributed by atoms with Gasteiger partial charge in [-0.25, -0.2) is 0 Å². The largest absolute Gasteiger partial charge is 0.393 e. The summed E-state index contributed by atoms with van der Waals surface area (Å²) in [6, 6.07) is 0.614. The molecule has 2 aliphatic rings. The number of hydrogen-bond acceptors (Lipinski definition) is 3. The number of nitrogens with zero attached hydrogens (tertiary/aromatic N) is 1. The third-order valence-corrected chi connectivity index (χ3v) is 4.00. The van der Waals surface area contributed by atoms with E-state index in [1.54, 1.807) is 0 Å². The molecule has 2 fully saturated rings. The average molecular weight is 213 g/mol. The molecule has 1 saturated heterocycles. The standard InChI is InChI=1S/C12H23NO2/c1-13(11-6-8-15-9-11)7-5-10-3-2-4-12(10)14/h10-12,14H,2-9H2,1H3. The van der Waals surface area contributed by atoms with E-state index in [0.29, 0.717) is 12.0 Å². The molecule has 0 radical (unpaired) electrons. The number of aliphatic hydroxyl groups excluding tert-OH is 1. The van der Waals surface area contributed by atoms with Gasteiger partial charge >= 0.3 is 0 Å². The van der Waals surface area contributed by atoms with Crippen molar-refractivity contribution in [3.63, 3.8) is 0 Å². The molecule has 3 unspecified atom stereocenters. The van der Waals surface area contributed by atoms with E-state index < -0.39 is 0 Å². The Bertz CT molecular complexity index is 192. The molecule has 0 spiro atoms. The van der Waals surface area contributed by atoms with Gasteiger partial charge in [0.25, 0.3) is 0 Å². The first-order valence-corrected chi connectivity index (χ1v) is 6.23. The van der Waals surface area contributed by atoms with Crippen LogP contribution in [-0.2, 0) is 4.74 Å². The Morgan fingerprint density at radius 3 is 2.80 bits per heavy atom. The zero-order valence-corrected chi connectivity index (χ0v) is 9.69. The maximum absolute atomic E-state index is 9.72. The van der Waals surface area contributed by atoms with E-state index in [1.807, 2.05) is 0 Å². The van der Waals surface area contributed by atoms with Crippen molar-refractivity contribution in [2.75, 3.05) is 26.8 Å². The van der Waals surface area contributed by atoms with Gasteiger partial charge in [0.1, 0.15) is 0 Å². The normalized spacial score (nSPS) is 36.6. The minimum absolute atomic E-state index is 0.0294. The summed E-state index contributed by atoms with van der Waals surface area (Å²) in [6.07, 6.45) is 5.73. The van der Waals surface area contributed by atoms with Gasteiger partial charge in [-0.2, -0.15) is 0 Å². The number of ether oxygens (including phenoxy) is 1. The van der Waals surface area contributed by atoms with Crippen molar-refractivity contribution < 1.29 is 9.84 Å². The van der Waals surface area contributed by atoms with E-state index in [-0.39, 0.29) is 6.10 Å². The zero-order chi connectivity index (χ0) is 10.7. The summed E-state index contributed by atoms with van der Waals surface area (Å²) in [5, 5.41) is 9.72. The average Bonchev–Trinajstić information content (AvgIpc) is 2.85. The molecule has 0 aromatic heterocycles. The molecule has 3 nitrogen and oxygen atoms in total. The number of aliphatic hydroxyl groups is 1. The molecule has 1 N–H and O–H groups in total. The first-order valence-electron chi connectivity index (χ1n) is 6.23. The molecule has 0 aromatic rings. The van der Waals surface area contributed by atoms with Gasteiger partial charge in [-0.1, -0.05) is 6.42 Å². The van der Waals surface area contributed by atoms with E-state index >= 15 is 0 Å². The van der Waals surface area contributed by atoms with Crippen molar-refractivity contribution in [3.05, 3.63) is 0 Å². The second-order valence-electron chi connectivity index (χ2n) is 5.05. The first-order chi connectivity index (χ1) is 7.27. The Kier molecular flexibility index (Phi) is 4.00. The van der Waals surface area contributed by atoms with Crippen molar-refractivity contribution in [1.82, 2.24) is 4.90 Å². The van der Waals surface area contributed by atoms with E-state index in [1.165, 1.54) is 19.3 Å². The first kappa shape index (κ1) is 11.4. The SMILES string of the molecule is CN(CCC1CCCC1O)C1CCOC1. The van der Waals surface area contributed by atoms with E-state index in [2.05, 4.69) is 11.9 Å². The molecular formula is C12H23NO2. The van der Waals surface area contributed by atoms with Crippen LogP contribution in [0.1, 0.15) is 32.1 Å². The van der Waals surface area contributed by atoms with Crippen LogP contribution in [-0.4, -0.2) is 49.0 Å². The van der Waals surface area contributed by atoms with Crippen LogP contribution in [0.25, 0.3) is 0 Å². The smallest absolute Gasteiger partial charge is 0.0622 e. The van der Waals surface area contributed by atoms with Crippen molar-refractivity contribution >= 4 is 0 Å². The maximum Gasteiger partial charge on any atom is 0.0622 e. The molecule has 88 valence electrons. The highest BCUT2D eigenvalue weighted by Gasteiger charge is 2.26. The minimum Gasteiger partial charge on any atom is -0.393 e. The minimum atomic E-state index is -0.0294. The fraction of sp³-hybridized carbons (Fsp3) is 1.00. The highest BCUT2D eigenvalue weighted by molar-refractivity contribution is 4.79. The van der Waals surface area contributed by atoms with Crippen molar-refractivity contribution in [3.8, 4) is 0 Å². The van der Waals surface area contributed by atoms with Crippen LogP contribution < -0.4 is 0 Å². The molecule has 1 aliphatic heterocycles. The monoisotopic (exact) mass is 213 g/mol. The fourth-order valence-electron chi connectivity index (χ4n) is 2.78. The lowest BCUT2D eigenvalue weighted by Gasteiger charge is -2.25. The number of likely N-dealkylation sites (N-methyl/N-ethyl adjacent to an activating group) is 1. The lowest BCUT2D eigenvalue weighted by Crippen LogP contribution is -2.34. The number of hydrogen-bond donors (Lipinski definition) is 1. The van der Waals surface area contributed by atoms with E-state index in [4.69, 9.17) is 4.74 Å². The molecule has 0 bridgehead atoms. The maximum atomic E-state index is 9.72. The highest BCUT2D eigenvalue weighted by atomic mass is 16.5. The van der Waals surface area contributed by atoms with Gasteiger partial charge in [0.2, 0.25) is 0 Å². The fourth-order valence-corrected chi connectivity index (χ4v) is 2.78. The highest BCUT2D eigenvalue weighted by Crippen LogP contribution is 2.28. The molecule has 0 aromatic carbocycles. The predicted molar refractivity (Wildman–Crippen MR) is 59.8 cm³/mol. The van der Waals surface area contributed by atoms with Gasteiger partial charge in [-0.15, -0.1) is 0 Å². The summed E-state index contributed by atoms with van der Waals surface area (Å²) in [6.45, 7) is 2.92. The predicted octanol–water partition coefficient (Wildman–Crippen LogP) is 1.26. The van der Waals surface area contributed by atoms with Crippen LogP contribution in [0.3, 0.4) is 0 Å². The Labute approximate surface area is 92.4 Å². The summed E-state index contributed by atoms with van der Waals surface area (Å²) >= 11 is 0. The van der Waals surface area contributed by atoms with E-state index in [0.717, 1.165) is 32.6 Å². The van der Waals surface area contributed by atoms with Gasteiger partial charge in [-0.3, -0.25) is 0 Å². The van der Waals surface area contributed by atoms with E-state index in [9.17, 15) is 5.11 Å². The summed E-state index contributed by atoms with van der Waals surface area (Å²) in [5.74, 6) is 0.551. The second-order valence-corrected chi connectivity index (χ2v) is 5.05. The Balaban J connectivity index is 1.67. The second kappa shape index (κ2) is 5.28. The topological polar surface area (TPSA) is 32.7 Å². The third kappa shape index (κ3) is 2.92. The van der Waals surface area contributed by atoms with Gasteiger partial charge in [0.15, 0.2) is 0 Å². The van der Waals surface area contributed by atoms with Crippen molar-refractivity contribution in [2.45, 2.75) is 44.2 Å². The molecule has 15 heavy (non-hydrogen) atoms. The summed E-state index contributed by atoms with van der Waals surface area (Å²) in [7, 11) is 2.18. The van der Waals surface area contributed by atoms with Crippen LogP contribution in [0.15, 0.2) is 0 Å². The molecule has 1 saturated carbocycles. The molecule has 3 heteroatoms. The van der Waals surface area contributed by atoms with Gasteiger partial charge in [0.05, 0.1) is 12.7 Å². The summed E-state index contributed by atoms with van der Waals surface area (Å²) in [5.41, 5.74) is 0. The molecule has 1 aliphatic carbocycles. The Hall–Kier alpha value is -0.120. The van der Waals surface area contributed by atoms with Crippen LogP contribution in [0.4, 0.5) is 0 Å². The Morgan fingerprint density at radius 2 is 2.20 bits per heavy atom. The van der Waals surface area contributed by atoms with Crippen molar-refractivity contribution in [2.24, 2.45) is 5.92 Å². The molecule has 2 rings (SSSR count).